The van der Waals surface area contributed by atoms with Crippen molar-refractivity contribution in [3.05, 3.63) is 35.5 Å². The summed E-state index contributed by atoms with van der Waals surface area (Å²) in [6.07, 6.45) is 2.29. The molecule has 1 N–H and O–H groups in total. The summed E-state index contributed by atoms with van der Waals surface area (Å²) >= 11 is 0. The molecule has 0 aliphatic heterocycles. The zero-order valence-corrected chi connectivity index (χ0v) is 11.4. The number of hydrogen-bond donors (Lipinski definition) is 1. The first kappa shape index (κ1) is 12.2. The highest BCUT2D eigenvalue weighted by atomic mass is 15.0. The predicted octanol–water partition coefficient (Wildman–Crippen LogP) is 3.81. The molecule has 2 rings (SSSR count). The highest BCUT2D eigenvalue weighted by Gasteiger charge is 2.14. The number of nitrogens with one attached hydrogen (secondary N) is 1. The minimum absolute atomic E-state index is 0.388. The van der Waals surface area contributed by atoms with E-state index >= 15 is 0 Å². The van der Waals surface area contributed by atoms with E-state index in [0.717, 1.165) is 0 Å². The van der Waals surface area contributed by atoms with Crippen molar-refractivity contribution in [2.45, 2.75) is 39.8 Å². The van der Waals surface area contributed by atoms with Crippen LogP contribution in [-0.4, -0.2) is 11.6 Å². The van der Waals surface area contributed by atoms with Crippen LogP contribution in [0, 0.1) is 6.92 Å². The molecule has 1 aromatic carbocycles. The van der Waals surface area contributed by atoms with E-state index in [2.05, 4.69) is 62.0 Å². The fourth-order valence-electron chi connectivity index (χ4n) is 2.32. The normalized spacial score (nSPS) is 13.5. The lowest BCUT2D eigenvalue weighted by Crippen LogP contribution is -2.11. The van der Waals surface area contributed by atoms with Gasteiger partial charge in [-0.1, -0.05) is 11.6 Å². The van der Waals surface area contributed by atoms with Crippen molar-refractivity contribution >= 4 is 10.9 Å². The second kappa shape index (κ2) is 4.53. The molecule has 1 aromatic heterocycles. The molecule has 2 nitrogen and oxygen atoms in total. The number of nitrogens with zero attached hydrogens (tertiary/aromatic N) is 1. The molecule has 0 aliphatic rings. The number of rotatable bonds is 3. The molecular weight excluding hydrogens is 208 g/mol. The van der Waals surface area contributed by atoms with Gasteiger partial charge in [-0.15, -0.1) is 0 Å². The van der Waals surface area contributed by atoms with Crippen molar-refractivity contribution in [2.24, 2.45) is 0 Å². The molecular formula is C15H22N2. The topological polar surface area (TPSA) is 17.0 Å². The highest BCUT2D eigenvalue weighted by Crippen LogP contribution is 2.29. The summed E-state index contributed by atoms with van der Waals surface area (Å²) in [7, 11) is 2.01. The maximum Gasteiger partial charge on any atom is 0.0486 e. The van der Waals surface area contributed by atoms with Gasteiger partial charge in [0.1, 0.15) is 0 Å². The van der Waals surface area contributed by atoms with Crippen LogP contribution in [0.1, 0.15) is 44.0 Å². The van der Waals surface area contributed by atoms with E-state index in [4.69, 9.17) is 0 Å². The molecule has 0 saturated heterocycles. The van der Waals surface area contributed by atoms with Crippen LogP contribution in [0.2, 0.25) is 0 Å². The lowest BCUT2D eigenvalue weighted by atomic mass is 10.1. The summed E-state index contributed by atoms with van der Waals surface area (Å²) in [5.74, 6) is 0. The van der Waals surface area contributed by atoms with Crippen LogP contribution in [-0.2, 0) is 0 Å². The van der Waals surface area contributed by atoms with Gasteiger partial charge in [0.2, 0.25) is 0 Å². The molecule has 2 aromatic rings. The lowest BCUT2D eigenvalue weighted by Gasteiger charge is -2.09. The Kier molecular flexibility index (Phi) is 3.25. The standard InChI is InChI=1S/C15H22N2/c1-10(2)17-9-14(12(4)16-5)13-8-11(3)6-7-15(13)17/h6-10,12,16H,1-5H3. The van der Waals surface area contributed by atoms with Gasteiger partial charge in [0.15, 0.2) is 0 Å². The molecule has 0 spiro atoms. The van der Waals surface area contributed by atoms with Gasteiger partial charge in [0, 0.05) is 29.2 Å². The number of hydrogen-bond acceptors (Lipinski definition) is 1. The molecule has 92 valence electrons. The first-order valence-electron chi connectivity index (χ1n) is 6.33. The van der Waals surface area contributed by atoms with Gasteiger partial charge in [0.25, 0.3) is 0 Å². The zero-order valence-electron chi connectivity index (χ0n) is 11.4. The summed E-state index contributed by atoms with van der Waals surface area (Å²) < 4.78 is 2.36. The lowest BCUT2D eigenvalue weighted by molar-refractivity contribution is 0.608. The fourth-order valence-corrected chi connectivity index (χ4v) is 2.32. The van der Waals surface area contributed by atoms with Crippen LogP contribution >= 0.6 is 0 Å². The van der Waals surface area contributed by atoms with Crippen LogP contribution in [0.4, 0.5) is 0 Å². The van der Waals surface area contributed by atoms with Crippen LogP contribution in [0.5, 0.6) is 0 Å². The first-order valence-corrected chi connectivity index (χ1v) is 6.33. The summed E-state index contributed by atoms with van der Waals surface area (Å²) in [5, 5.41) is 4.71. The van der Waals surface area contributed by atoms with E-state index in [1.807, 2.05) is 7.05 Å². The smallest absolute Gasteiger partial charge is 0.0486 e. The number of fused-ring (bicyclic) bond motifs is 1. The molecule has 17 heavy (non-hydrogen) atoms. The van der Waals surface area contributed by atoms with Crippen molar-refractivity contribution in [3.8, 4) is 0 Å². The fraction of sp³-hybridized carbons (Fsp3) is 0.467. The minimum Gasteiger partial charge on any atom is -0.345 e. The van der Waals surface area contributed by atoms with E-state index < -0.39 is 0 Å². The van der Waals surface area contributed by atoms with Crippen molar-refractivity contribution < 1.29 is 0 Å². The Morgan fingerprint density at radius 2 is 1.88 bits per heavy atom. The van der Waals surface area contributed by atoms with Crippen molar-refractivity contribution in [1.29, 1.82) is 0 Å². The number of aromatic nitrogens is 1. The largest absolute Gasteiger partial charge is 0.345 e. The molecule has 1 heterocycles. The maximum absolute atomic E-state index is 3.33. The predicted molar refractivity (Wildman–Crippen MR) is 74.5 cm³/mol. The van der Waals surface area contributed by atoms with E-state index in [1.165, 1.54) is 22.0 Å². The molecule has 0 radical (unpaired) electrons. The van der Waals surface area contributed by atoms with Gasteiger partial charge in [0.05, 0.1) is 0 Å². The summed E-state index contributed by atoms with van der Waals surface area (Å²) in [6, 6.07) is 7.60. The molecule has 0 bridgehead atoms. The van der Waals surface area contributed by atoms with Gasteiger partial charge in [-0.25, -0.2) is 0 Å². The Morgan fingerprint density at radius 1 is 1.18 bits per heavy atom. The Morgan fingerprint density at radius 3 is 2.47 bits per heavy atom. The third-order valence-corrected chi connectivity index (χ3v) is 3.48. The Balaban J connectivity index is 2.71. The quantitative estimate of drug-likeness (QED) is 0.848. The van der Waals surface area contributed by atoms with Gasteiger partial charge in [-0.2, -0.15) is 0 Å². The summed E-state index contributed by atoms with van der Waals surface area (Å²) in [4.78, 5) is 0. The van der Waals surface area contributed by atoms with Gasteiger partial charge in [-0.05, 0) is 52.4 Å². The highest BCUT2D eigenvalue weighted by molar-refractivity contribution is 5.85. The third kappa shape index (κ3) is 2.09. The Bertz CT molecular complexity index is 523. The van der Waals surface area contributed by atoms with Gasteiger partial charge < -0.3 is 9.88 Å². The van der Waals surface area contributed by atoms with Crippen LogP contribution in [0.25, 0.3) is 10.9 Å². The van der Waals surface area contributed by atoms with E-state index in [9.17, 15) is 0 Å². The molecule has 0 saturated carbocycles. The molecule has 2 heteroatoms. The zero-order chi connectivity index (χ0) is 12.6. The Labute approximate surface area is 104 Å². The molecule has 1 atom stereocenters. The SMILES string of the molecule is CNC(C)c1cn(C(C)C)c2ccc(C)cc12. The molecule has 0 fully saturated rings. The Hall–Kier alpha value is -1.28. The van der Waals surface area contributed by atoms with Crippen LogP contribution in [0.3, 0.4) is 0 Å². The van der Waals surface area contributed by atoms with Gasteiger partial charge >= 0.3 is 0 Å². The monoisotopic (exact) mass is 230 g/mol. The van der Waals surface area contributed by atoms with Crippen molar-refractivity contribution in [2.75, 3.05) is 7.05 Å². The van der Waals surface area contributed by atoms with E-state index in [-0.39, 0.29) is 0 Å². The maximum atomic E-state index is 3.33. The molecule has 1 unspecified atom stereocenters. The van der Waals surface area contributed by atoms with E-state index in [1.54, 1.807) is 0 Å². The minimum atomic E-state index is 0.388. The number of aryl methyl sites for hydroxylation is 1. The molecule has 0 aliphatic carbocycles. The molecule has 0 amide bonds. The van der Waals surface area contributed by atoms with Crippen molar-refractivity contribution in [1.82, 2.24) is 9.88 Å². The third-order valence-electron chi connectivity index (χ3n) is 3.48. The average molecular weight is 230 g/mol. The second-order valence-electron chi connectivity index (χ2n) is 5.12. The van der Waals surface area contributed by atoms with Crippen molar-refractivity contribution in [3.63, 3.8) is 0 Å². The average Bonchev–Trinajstić information content (AvgIpc) is 2.66. The van der Waals surface area contributed by atoms with E-state index in [0.29, 0.717) is 12.1 Å². The first-order chi connectivity index (χ1) is 8.04. The van der Waals surface area contributed by atoms with Crippen LogP contribution < -0.4 is 5.32 Å². The van der Waals surface area contributed by atoms with Crippen LogP contribution in [0.15, 0.2) is 24.4 Å². The van der Waals surface area contributed by atoms with Gasteiger partial charge in [-0.3, -0.25) is 0 Å². The summed E-state index contributed by atoms with van der Waals surface area (Å²) in [6.45, 7) is 8.82. The second-order valence-corrected chi connectivity index (χ2v) is 5.12. The summed E-state index contributed by atoms with van der Waals surface area (Å²) in [5.41, 5.74) is 4.05. The number of benzene rings is 1.